The van der Waals surface area contributed by atoms with E-state index >= 15 is 0 Å². The van der Waals surface area contributed by atoms with Crippen molar-refractivity contribution >= 4 is 27.1 Å². The molecule has 0 saturated carbocycles. The van der Waals surface area contributed by atoms with Crippen molar-refractivity contribution in [1.82, 2.24) is 4.98 Å². The number of aromatic nitrogens is 1. The summed E-state index contributed by atoms with van der Waals surface area (Å²) in [7, 11) is -3.11. The molecule has 0 amide bonds. The number of nitrogens with zero attached hydrogens (tertiary/aromatic N) is 1. The lowest BCUT2D eigenvalue weighted by molar-refractivity contribution is 0.560. The van der Waals surface area contributed by atoms with E-state index in [0.29, 0.717) is 17.3 Å². The molecule has 1 heterocycles. The van der Waals surface area contributed by atoms with Gasteiger partial charge in [0.1, 0.15) is 0 Å². The maximum absolute atomic E-state index is 11.5. The van der Waals surface area contributed by atoms with Crippen LogP contribution in [0.25, 0.3) is 0 Å². The Morgan fingerprint density at radius 2 is 2.12 bits per heavy atom. The first-order valence-corrected chi connectivity index (χ1v) is 7.04. The summed E-state index contributed by atoms with van der Waals surface area (Å²) in [5, 5.41) is 3.49. The van der Waals surface area contributed by atoms with Crippen molar-refractivity contribution < 1.29 is 8.42 Å². The average Bonchev–Trinajstić information content (AvgIpc) is 2.15. The highest BCUT2D eigenvalue weighted by Crippen LogP contribution is 2.22. The minimum Gasteiger partial charge on any atom is -0.382 e. The van der Waals surface area contributed by atoms with Crippen LogP contribution in [-0.2, 0) is 9.84 Å². The number of sulfone groups is 1. The first kappa shape index (κ1) is 13.3. The van der Waals surface area contributed by atoms with Crippen LogP contribution in [0.15, 0.2) is 18.5 Å². The van der Waals surface area contributed by atoms with Crippen LogP contribution in [0.5, 0.6) is 0 Å². The van der Waals surface area contributed by atoms with Crippen molar-refractivity contribution in [2.45, 2.75) is 18.6 Å². The molecule has 4 nitrogen and oxygen atoms in total. The lowest BCUT2D eigenvalue weighted by Crippen LogP contribution is -2.38. The third-order valence-electron chi connectivity index (χ3n) is 2.48. The monoisotopic (exact) mass is 262 g/mol. The summed E-state index contributed by atoms with van der Waals surface area (Å²) in [6.45, 7) is 3.64. The molecule has 90 valence electrons. The Labute approximate surface area is 101 Å². The fourth-order valence-corrected chi connectivity index (χ4v) is 1.48. The summed E-state index contributed by atoms with van der Waals surface area (Å²) in [5.41, 5.74) is 0.688. The highest BCUT2D eigenvalue weighted by atomic mass is 35.5. The third-order valence-corrected chi connectivity index (χ3v) is 4.93. The van der Waals surface area contributed by atoms with Crippen molar-refractivity contribution in [3.05, 3.63) is 23.5 Å². The van der Waals surface area contributed by atoms with Gasteiger partial charge in [-0.05, 0) is 19.9 Å². The maximum atomic E-state index is 11.5. The largest absolute Gasteiger partial charge is 0.382 e. The van der Waals surface area contributed by atoms with E-state index in [4.69, 9.17) is 11.6 Å². The summed E-state index contributed by atoms with van der Waals surface area (Å²) in [4.78, 5) is 3.85. The fourth-order valence-electron chi connectivity index (χ4n) is 0.958. The Bertz CT molecular complexity index is 471. The van der Waals surface area contributed by atoms with Gasteiger partial charge >= 0.3 is 0 Å². The van der Waals surface area contributed by atoms with Crippen molar-refractivity contribution in [2.75, 3.05) is 18.1 Å². The SMILES string of the molecule is CC(C)(CNc1ccncc1Cl)S(C)(=O)=O. The fraction of sp³-hybridized carbons (Fsp3) is 0.500. The summed E-state index contributed by atoms with van der Waals surface area (Å²) in [6, 6.07) is 1.71. The molecular weight excluding hydrogens is 248 g/mol. The minimum atomic E-state index is -3.11. The second-order valence-corrected chi connectivity index (χ2v) is 7.30. The summed E-state index contributed by atoms with van der Waals surface area (Å²) in [6.07, 6.45) is 4.34. The van der Waals surface area contributed by atoms with E-state index in [-0.39, 0.29) is 0 Å². The molecule has 1 aromatic heterocycles. The van der Waals surface area contributed by atoms with Gasteiger partial charge in [0.05, 0.1) is 15.5 Å². The van der Waals surface area contributed by atoms with E-state index in [9.17, 15) is 8.42 Å². The molecule has 0 fully saturated rings. The lowest BCUT2D eigenvalue weighted by Gasteiger charge is -2.23. The third kappa shape index (κ3) is 3.09. The Hall–Kier alpha value is -0.810. The quantitative estimate of drug-likeness (QED) is 0.901. The van der Waals surface area contributed by atoms with Gasteiger partial charge in [-0.25, -0.2) is 8.42 Å². The molecule has 0 atom stereocenters. The maximum Gasteiger partial charge on any atom is 0.154 e. The van der Waals surface area contributed by atoms with Crippen LogP contribution < -0.4 is 5.32 Å². The lowest BCUT2D eigenvalue weighted by atomic mass is 10.2. The van der Waals surface area contributed by atoms with E-state index in [0.717, 1.165) is 0 Å². The van der Waals surface area contributed by atoms with Crippen LogP contribution in [0.1, 0.15) is 13.8 Å². The zero-order valence-corrected chi connectivity index (χ0v) is 11.1. The molecule has 0 aliphatic heterocycles. The number of hydrogen-bond acceptors (Lipinski definition) is 4. The van der Waals surface area contributed by atoms with Crippen molar-refractivity contribution in [2.24, 2.45) is 0 Å². The Morgan fingerprint density at radius 3 is 2.62 bits per heavy atom. The molecule has 0 aromatic carbocycles. The van der Waals surface area contributed by atoms with Crippen molar-refractivity contribution in [3.63, 3.8) is 0 Å². The molecule has 0 unspecified atom stereocenters. The number of halogens is 1. The van der Waals surface area contributed by atoms with Gasteiger partial charge in [-0.2, -0.15) is 0 Å². The van der Waals surface area contributed by atoms with E-state index in [1.54, 1.807) is 26.1 Å². The van der Waals surface area contributed by atoms with E-state index in [1.807, 2.05) is 0 Å². The second kappa shape index (κ2) is 4.59. The molecule has 1 N–H and O–H groups in total. The van der Waals surface area contributed by atoms with E-state index < -0.39 is 14.6 Å². The standard InChI is InChI=1S/C10H15ClN2O2S/c1-10(2,16(3,14)15)7-13-9-4-5-12-6-8(9)11/h4-6H,7H2,1-3H3,(H,12,13). The van der Waals surface area contributed by atoms with Crippen LogP contribution in [-0.4, -0.2) is 30.9 Å². The van der Waals surface area contributed by atoms with Gasteiger partial charge in [-0.15, -0.1) is 0 Å². The normalized spacial score (nSPS) is 12.5. The number of anilines is 1. The van der Waals surface area contributed by atoms with Gasteiger partial charge < -0.3 is 5.32 Å². The Morgan fingerprint density at radius 1 is 1.50 bits per heavy atom. The summed E-state index contributed by atoms with van der Waals surface area (Å²) >= 11 is 5.89. The number of nitrogens with one attached hydrogen (secondary N) is 1. The molecule has 0 radical (unpaired) electrons. The van der Waals surface area contributed by atoms with E-state index in [1.165, 1.54) is 12.5 Å². The van der Waals surface area contributed by atoms with Gasteiger partial charge in [0.25, 0.3) is 0 Å². The van der Waals surface area contributed by atoms with Crippen LogP contribution in [0.3, 0.4) is 0 Å². The van der Waals surface area contributed by atoms with Crippen LogP contribution in [0.4, 0.5) is 5.69 Å². The molecule has 0 bridgehead atoms. The number of rotatable bonds is 4. The average molecular weight is 263 g/mol. The predicted molar refractivity (Wildman–Crippen MR) is 66.7 cm³/mol. The second-order valence-electron chi connectivity index (χ2n) is 4.24. The topological polar surface area (TPSA) is 59.1 Å². The van der Waals surface area contributed by atoms with Crippen LogP contribution >= 0.6 is 11.6 Å². The zero-order valence-electron chi connectivity index (χ0n) is 9.49. The molecule has 0 aliphatic carbocycles. The van der Waals surface area contributed by atoms with Gasteiger partial charge in [0.15, 0.2) is 9.84 Å². The van der Waals surface area contributed by atoms with E-state index in [2.05, 4.69) is 10.3 Å². The Balaban J connectivity index is 2.77. The van der Waals surface area contributed by atoms with Crippen LogP contribution in [0, 0.1) is 0 Å². The summed E-state index contributed by atoms with van der Waals surface area (Å²) in [5.74, 6) is 0. The van der Waals surface area contributed by atoms with Crippen LogP contribution in [0.2, 0.25) is 5.02 Å². The molecule has 0 saturated heterocycles. The molecule has 16 heavy (non-hydrogen) atoms. The van der Waals surface area contributed by atoms with Crippen molar-refractivity contribution in [3.8, 4) is 0 Å². The highest BCUT2D eigenvalue weighted by Gasteiger charge is 2.29. The minimum absolute atomic E-state index is 0.301. The molecule has 0 spiro atoms. The number of pyridine rings is 1. The molecular formula is C10H15ClN2O2S. The van der Waals surface area contributed by atoms with Gasteiger partial charge in [0.2, 0.25) is 0 Å². The number of hydrogen-bond donors (Lipinski definition) is 1. The molecule has 0 aliphatic rings. The Kier molecular flexibility index (Phi) is 3.80. The zero-order chi connectivity index (χ0) is 12.4. The molecule has 1 rings (SSSR count). The predicted octanol–water partition coefficient (Wildman–Crippen LogP) is 1.97. The smallest absolute Gasteiger partial charge is 0.154 e. The first-order chi connectivity index (χ1) is 7.24. The highest BCUT2D eigenvalue weighted by molar-refractivity contribution is 7.92. The summed E-state index contributed by atoms with van der Waals surface area (Å²) < 4.78 is 22.1. The van der Waals surface area contributed by atoms with Gasteiger partial charge in [0, 0.05) is 25.2 Å². The van der Waals surface area contributed by atoms with Crippen molar-refractivity contribution in [1.29, 1.82) is 0 Å². The van der Waals surface area contributed by atoms with Gasteiger partial charge in [-0.3, -0.25) is 4.98 Å². The van der Waals surface area contributed by atoms with Gasteiger partial charge in [-0.1, -0.05) is 11.6 Å². The molecule has 6 heteroatoms. The molecule has 1 aromatic rings. The first-order valence-electron chi connectivity index (χ1n) is 4.77.